The van der Waals surface area contributed by atoms with Crippen LogP contribution in [0.25, 0.3) is 100 Å². The van der Waals surface area contributed by atoms with E-state index in [1.807, 2.05) is 0 Å². The Balaban J connectivity index is 1.25. The van der Waals surface area contributed by atoms with Gasteiger partial charge in [0.15, 0.2) is 5.82 Å². The lowest BCUT2D eigenvalue weighted by Crippen LogP contribution is -2.10. The van der Waals surface area contributed by atoms with Crippen molar-refractivity contribution in [3.05, 3.63) is 204 Å². The molecule has 11 rings (SSSR count). The number of hydrogen-bond acceptors (Lipinski definition) is 2. The molecule has 8 aromatic carbocycles. The summed E-state index contributed by atoms with van der Waals surface area (Å²) in [5.74, 6) is 0.192. The molecule has 0 amide bonds. The van der Waals surface area contributed by atoms with Crippen LogP contribution in [0, 0.1) is 0 Å². The van der Waals surface area contributed by atoms with Gasteiger partial charge in [-0.15, -0.1) is 0 Å². The van der Waals surface area contributed by atoms with E-state index in [-0.39, 0.29) is 77.6 Å². The molecule has 3 aromatic heterocycles. The average molecular weight is 1050 g/mol. The van der Waals surface area contributed by atoms with Gasteiger partial charge in [-0.25, -0.2) is 9.97 Å². The predicted molar refractivity (Wildman–Crippen MR) is 257 cm³/mol. The second kappa shape index (κ2) is 17.5. The summed E-state index contributed by atoms with van der Waals surface area (Å²) < 4.78 is 221. The van der Waals surface area contributed by atoms with Crippen molar-refractivity contribution >= 4 is 43.6 Å². The molecule has 4 nitrogen and oxygen atoms in total. The van der Waals surface area contributed by atoms with E-state index in [0.717, 1.165) is 36.4 Å². The molecule has 19 heteroatoms. The first-order valence-electron chi connectivity index (χ1n) is 22.6. The third kappa shape index (κ3) is 8.81. The number of benzene rings is 8. The number of nitrogens with zero attached hydrogens (tertiary/aromatic N) is 4. The highest BCUT2D eigenvalue weighted by Crippen LogP contribution is 2.47. The molecule has 0 aliphatic rings. The zero-order valence-corrected chi connectivity index (χ0v) is 38.2. The maximum atomic E-state index is 15.8. The van der Waals surface area contributed by atoms with Gasteiger partial charge in [-0.05, 0) is 115 Å². The zero-order chi connectivity index (χ0) is 53.9. The van der Waals surface area contributed by atoms with Crippen LogP contribution in [0.4, 0.5) is 65.9 Å². The molecule has 0 spiro atoms. The van der Waals surface area contributed by atoms with Gasteiger partial charge < -0.3 is 9.13 Å². The third-order valence-corrected chi connectivity index (χ3v) is 13.1. The number of alkyl halides is 15. The van der Waals surface area contributed by atoms with Crippen LogP contribution in [-0.2, 0) is 30.9 Å². The lowest BCUT2D eigenvalue weighted by atomic mass is 9.93. The van der Waals surface area contributed by atoms with Crippen LogP contribution in [0.1, 0.15) is 27.8 Å². The molecule has 0 radical (unpaired) electrons. The lowest BCUT2D eigenvalue weighted by Gasteiger charge is -2.21. The topological polar surface area (TPSA) is 35.6 Å². The van der Waals surface area contributed by atoms with Crippen molar-refractivity contribution < 1.29 is 65.9 Å². The molecule has 3 heterocycles. The van der Waals surface area contributed by atoms with Crippen molar-refractivity contribution in [3.63, 3.8) is 0 Å². The van der Waals surface area contributed by atoms with E-state index in [1.165, 1.54) is 27.3 Å². The molecule has 11 aromatic rings. The van der Waals surface area contributed by atoms with Crippen molar-refractivity contribution in [1.29, 1.82) is 0 Å². The summed E-state index contributed by atoms with van der Waals surface area (Å²) >= 11 is 0. The first-order chi connectivity index (χ1) is 35.8. The Morgan fingerprint density at radius 2 is 0.711 bits per heavy atom. The molecule has 0 aliphatic carbocycles. The Labute approximate surface area is 418 Å². The smallest absolute Gasteiger partial charge is 0.309 e. The Hall–Kier alpha value is -8.61. The third-order valence-electron chi connectivity index (χ3n) is 13.1. The van der Waals surface area contributed by atoms with Gasteiger partial charge in [-0.2, -0.15) is 65.9 Å². The minimum Gasteiger partial charge on any atom is -0.309 e. The highest BCUT2D eigenvalue weighted by atomic mass is 19.4. The van der Waals surface area contributed by atoms with Gasteiger partial charge in [0, 0.05) is 49.5 Å². The van der Waals surface area contributed by atoms with Crippen molar-refractivity contribution in [2.75, 3.05) is 0 Å². The van der Waals surface area contributed by atoms with E-state index in [1.54, 1.807) is 66.7 Å². The Kier molecular flexibility index (Phi) is 11.4. The first-order valence-corrected chi connectivity index (χ1v) is 22.6. The number of halogens is 15. The van der Waals surface area contributed by atoms with Gasteiger partial charge in [-0.1, -0.05) is 66.7 Å². The summed E-state index contributed by atoms with van der Waals surface area (Å²) in [4.78, 5) is 9.60. The Morgan fingerprint density at radius 1 is 0.303 bits per heavy atom. The number of fused-ring (bicyclic) bond motifs is 6. The molecular weight excluding hydrogens is 1030 g/mol. The van der Waals surface area contributed by atoms with Crippen LogP contribution < -0.4 is 0 Å². The molecule has 0 aliphatic heterocycles. The largest absolute Gasteiger partial charge is 0.417 e. The van der Waals surface area contributed by atoms with Crippen molar-refractivity contribution in [3.8, 4) is 56.4 Å². The van der Waals surface area contributed by atoms with Crippen LogP contribution >= 0.6 is 0 Å². The fraction of sp³-hybridized carbons (Fsp3) is 0.0877. The van der Waals surface area contributed by atoms with Gasteiger partial charge in [0.25, 0.3) is 0 Å². The van der Waals surface area contributed by atoms with Crippen LogP contribution in [0.3, 0.4) is 0 Å². The van der Waals surface area contributed by atoms with E-state index in [9.17, 15) is 52.7 Å². The molecule has 76 heavy (non-hydrogen) atoms. The van der Waals surface area contributed by atoms with E-state index in [0.29, 0.717) is 71.4 Å². The summed E-state index contributed by atoms with van der Waals surface area (Å²) in [6, 6.07) is 34.9. The molecule has 0 N–H and O–H groups in total. The minimum absolute atomic E-state index is 0.131. The van der Waals surface area contributed by atoms with E-state index in [2.05, 4.69) is 0 Å². The highest BCUT2D eigenvalue weighted by Gasteiger charge is 2.38. The van der Waals surface area contributed by atoms with Gasteiger partial charge in [0.2, 0.25) is 0 Å². The quantitative estimate of drug-likeness (QED) is 0.156. The van der Waals surface area contributed by atoms with E-state index < -0.39 is 64.3 Å². The average Bonchev–Trinajstić information content (AvgIpc) is 4.03. The number of aromatic nitrogens is 4. The molecule has 0 atom stereocenters. The highest BCUT2D eigenvalue weighted by molar-refractivity contribution is 6.11. The monoisotopic (exact) mass is 1050 g/mol. The fourth-order valence-corrected chi connectivity index (χ4v) is 9.61. The maximum absolute atomic E-state index is 15.8. The molecule has 382 valence electrons. The summed E-state index contributed by atoms with van der Waals surface area (Å²) in [7, 11) is 0. The second-order valence-corrected chi connectivity index (χ2v) is 17.7. The molecule has 0 saturated heterocycles. The predicted octanol–water partition coefficient (Wildman–Crippen LogP) is 18.4. The molecule has 0 saturated carbocycles. The first kappa shape index (κ1) is 49.6. The van der Waals surface area contributed by atoms with Crippen molar-refractivity contribution in [1.82, 2.24) is 19.1 Å². The second-order valence-electron chi connectivity index (χ2n) is 17.7. The SMILES string of the molecule is FC(F)(F)c1ccc2c(c1)c1cc(C(F)(F)F)ccc1n2-c1ccc(C(F)(F)F)c(-c2cc(-c3cc(-c4ccccc4)nc(-c4ccccc4)n3)ccc2-n2c3ccc(C(F)(F)F)cc3c3cc(C(F)(F)F)ccc32)c1. The van der Waals surface area contributed by atoms with Crippen LogP contribution in [0.5, 0.6) is 0 Å². The van der Waals surface area contributed by atoms with Gasteiger partial charge >= 0.3 is 30.9 Å². The molecule has 0 unspecified atom stereocenters. The van der Waals surface area contributed by atoms with Gasteiger partial charge in [0.1, 0.15) is 0 Å². The number of rotatable bonds is 6. The Bertz CT molecular complexity index is 3890. The zero-order valence-electron chi connectivity index (χ0n) is 38.2. The van der Waals surface area contributed by atoms with Crippen LogP contribution in [0.15, 0.2) is 176 Å². The summed E-state index contributed by atoms with van der Waals surface area (Å²) in [5, 5.41) is -1.33. The minimum atomic E-state index is -5.22. The van der Waals surface area contributed by atoms with E-state index >= 15 is 13.2 Å². The number of hydrogen-bond donors (Lipinski definition) is 0. The van der Waals surface area contributed by atoms with Gasteiger partial charge in [0.05, 0.1) is 67.0 Å². The molecular formula is C57H29F15N4. The normalized spacial score (nSPS) is 12.9. The summed E-state index contributed by atoms with van der Waals surface area (Å²) in [6.07, 6.45) is -25.1. The van der Waals surface area contributed by atoms with Crippen LogP contribution in [0.2, 0.25) is 0 Å². The van der Waals surface area contributed by atoms with Crippen molar-refractivity contribution in [2.24, 2.45) is 0 Å². The summed E-state index contributed by atoms with van der Waals surface area (Å²) in [6.45, 7) is 0. The maximum Gasteiger partial charge on any atom is 0.417 e. The fourth-order valence-electron chi connectivity index (χ4n) is 9.61. The Morgan fingerprint density at radius 3 is 1.13 bits per heavy atom. The molecule has 0 bridgehead atoms. The van der Waals surface area contributed by atoms with Crippen LogP contribution in [-0.4, -0.2) is 19.1 Å². The van der Waals surface area contributed by atoms with E-state index in [4.69, 9.17) is 9.97 Å². The van der Waals surface area contributed by atoms with Gasteiger partial charge in [-0.3, -0.25) is 0 Å². The molecule has 0 fully saturated rings. The standard InChI is InChI=1S/C57H29F15N4/c58-53(59,60)33-12-19-47-40(24-33)41-25-34(54(61,62)63)13-20-48(41)75(47)37-16-17-44(57(70,71)72)38(28-37)39-23-32(46-29-45(30-7-3-1-4-8-30)73-52(74-46)31-9-5-2-6-10-31)11-18-49(39)76-50-21-14-35(55(64,65)66)26-42(50)43-27-36(56(67,68)69)15-22-51(43)76/h1-29H. The lowest BCUT2D eigenvalue weighted by molar-refractivity contribution is -0.138. The summed E-state index contributed by atoms with van der Waals surface area (Å²) in [5.41, 5.74) is -6.34. The van der Waals surface area contributed by atoms with Crippen molar-refractivity contribution in [2.45, 2.75) is 30.9 Å².